The van der Waals surface area contributed by atoms with Gasteiger partial charge in [0.25, 0.3) is 6.71 Å². The van der Waals surface area contributed by atoms with Gasteiger partial charge in [-0.15, -0.1) is 0 Å². The zero-order valence-corrected chi connectivity index (χ0v) is 30.5. The summed E-state index contributed by atoms with van der Waals surface area (Å²) in [7, 11) is 0. The van der Waals surface area contributed by atoms with Gasteiger partial charge in [0.15, 0.2) is 0 Å². The molecular weight excluding hydrogens is 653 g/mol. The van der Waals surface area contributed by atoms with Gasteiger partial charge in [-0.25, -0.2) is 0 Å². The summed E-state index contributed by atoms with van der Waals surface area (Å²) in [6.07, 6.45) is 9.13. The molecule has 0 fully saturated rings. The average molecular weight is 692 g/mol. The first-order chi connectivity index (χ1) is 26.6. The topological polar surface area (TPSA) is 11.4 Å². The summed E-state index contributed by atoms with van der Waals surface area (Å²) < 4.78 is 2.44. The number of anilines is 6. The molecule has 0 saturated heterocycles. The van der Waals surface area contributed by atoms with Crippen molar-refractivity contribution in [3.8, 4) is 5.69 Å². The van der Waals surface area contributed by atoms with Crippen molar-refractivity contribution >= 4 is 84.6 Å². The smallest absolute Gasteiger partial charge is 0.252 e. The lowest BCUT2D eigenvalue weighted by molar-refractivity contribution is 1.04. The second kappa shape index (κ2) is 12.0. The van der Waals surface area contributed by atoms with Gasteiger partial charge in [0, 0.05) is 50.6 Å². The summed E-state index contributed by atoms with van der Waals surface area (Å²) in [5.74, 6) is 0. The second-order valence-electron chi connectivity index (χ2n) is 15.0. The maximum atomic E-state index is 2.53. The monoisotopic (exact) mass is 691 g/mol. The predicted molar refractivity (Wildman–Crippen MR) is 231 cm³/mol. The highest BCUT2D eigenvalue weighted by atomic mass is 15.2. The Morgan fingerprint density at radius 3 is 1.93 bits per heavy atom. The van der Waals surface area contributed by atoms with Crippen LogP contribution in [0.25, 0.3) is 33.1 Å². The first kappa shape index (κ1) is 31.1. The molecule has 3 heterocycles. The van der Waals surface area contributed by atoms with Crippen molar-refractivity contribution in [3.63, 3.8) is 0 Å². The van der Waals surface area contributed by atoms with Crippen LogP contribution in [0.4, 0.5) is 34.1 Å². The fourth-order valence-electron chi connectivity index (χ4n) is 9.26. The molecule has 1 aromatic heterocycles. The third kappa shape index (κ3) is 4.63. The zero-order chi connectivity index (χ0) is 35.9. The minimum Gasteiger partial charge on any atom is -0.311 e. The van der Waals surface area contributed by atoms with Gasteiger partial charge in [-0.3, -0.25) is 0 Å². The van der Waals surface area contributed by atoms with Crippen LogP contribution in [0.1, 0.15) is 29.5 Å². The average Bonchev–Trinajstić information content (AvgIpc) is 3.54. The summed E-state index contributed by atoms with van der Waals surface area (Å²) in [6, 6.07) is 56.8. The van der Waals surface area contributed by atoms with Crippen LogP contribution in [0.5, 0.6) is 0 Å². The van der Waals surface area contributed by atoms with Gasteiger partial charge in [-0.05, 0) is 121 Å². The quantitative estimate of drug-likeness (QED) is 0.170. The molecule has 0 bridgehead atoms. The van der Waals surface area contributed by atoms with Crippen LogP contribution in [0.2, 0.25) is 0 Å². The molecule has 1 aliphatic carbocycles. The van der Waals surface area contributed by atoms with Crippen LogP contribution in [-0.2, 0) is 0 Å². The molecule has 0 unspecified atom stereocenters. The standard InChI is InChI=1S/C50H38BN3/c1-33-20-25-38(26-21-33)53-45-29-22-34(2)30-42(45)51-43-31-41-40-16-9-10-17-44(40)52(37-14-7-4-8-15-37)48(41)32-49(43)54(47-19-11-18-46(53)50(47)51)39-27-23-36(24-28-39)35-12-5-3-6-13-35/h4-5,7-32H,3,6H2,1-2H3. The Kier molecular flexibility index (Phi) is 6.91. The third-order valence-corrected chi connectivity index (χ3v) is 11.7. The molecule has 0 radical (unpaired) electrons. The maximum absolute atomic E-state index is 2.53. The van der Waals surface area contributed by atoms with Crippen LogP contribution < -0.4 is 26.2 Å². The normalized spacial score (nSPS) is 14.3. The van der Waals surface area contributed by atoms with E-state index in [4.69, 9.17) is 0 Å². The molecule has 8 aromatic rings. The molecule has 0 saturated carbocycles. The van der Waals surface area contributed by atoms with E-state index in [0.29, 0.717) is 0 Å². The van der Waals surface area contributed by atoms with Gasteiger partial charge < -0.3 is 14.4 Å². The Morgan fingerprint density at radius 2 is 1.17 bits per heavy atom. The second-order valence-corrected chi connectivity index (χ2v) is 15.0. The number of fused-ring (bicyclic) bond motifs is 7. The molecule has 3 aliphatic rings. The molecule has 3 nitrogen and oxygen atoms in total. The van der Waals surface area contributed by atoms with Crippen LogP contribution in [0.15, 0.2) is 170 Å². The van der Waals surface area contributed by atoms with Crippen molar-refractivity contribution in [1.29, 1.82) is 0 Å². The van der Waals surface area contributed by atoms with Crippen LogP contribution in [-0.4, -0.2) is 11.3 Å². The number of allylic oxidation sites excluding steroid dienone is 4. The largest absolute Gasteiger partial charge is 0.311 e. The first-order valence-electron chi connectivity index (χ1n) is 19.1. The summed E-state index contributed by atoms with van der Waals surface area (Å²) in [5.41, 5.74) is 19.9. The highest BCUT2D eigenvalue weighted by Crippen LogP contribution is 2.46. The SMILES string of the molecule is Cc1ccc(N2c3ccc(C)cc3B3c4cc5c6ccccc6n(-c6ccccc6)c5cc4N(c4ccc(C5=CCCC=C5)cc4)c4cccc2c43)cc1. The fraction of sp³-hybridized carbons (Fsp3) is 0.0800. The molecule has 4 heteroatoms. The number of para-hydroxylation sites is 2. The minimum absolute atomic E-state index is 0.0547. The van der Waals surface area contributed by atoms with Crippen molar-refractivity contribution in [1.82, 2.24) is 4.57 Å². The van der Waals surface area contributed by atoms with Crippen molar-refractivity contribution in [2.75, 3.05) is 9.80 Å². The van der Waals surface area contributed by atoms with Gasteiger partial charge in [0.05, 0.1) is 11.0 Å². The van der Waals surface area contributed by atoms with Crippen LogP contribution in [0, 0.1) is 13.8 Å². The number of aryl methyl sites for hydroxylation is 2. The summed E-state index contributed by atoms with van der Waals surface area (Å²) in [6.45, 7) is 4.44. The molecule has 256 valence electrons. The summed E-state index contributed by atoms with van der Waals surface area (Å²) in [4.78, 5) is 5.01. The van der Waals surface area contributed by atoms with Crippen molar-refractivity contribution in [2.24, 2.45) is 0 Å². The molecular formula is C50H38BN3. The Balaban J connectivity index is 1.23. The molecule has 2 aliphatic heterocycles. The van der Waals surface area contributed by atoms with E-state index >= 15 is 0 Å². The number of nitrogens with zero attached hydrogens (tertiary/aromatic N) is 3. The van der Waals surface area contributed by atoms with E-state index in [1.54, 1.807) is 0 Å². The summed E-state index contributed by atoms with van der Waals surface area (Å²) in [5, 5.41) is 2.54. The van der Waals surface area contributed by atoms with E-state index in [0.717, 1.165) is 18.5 Å². The molecule has 7 aromatic carbocycles. The first-order valence-corrected chi connectivity index (χ1v) is 19.1. The Labute approximate surface area is 316 Å². The molecule has 54 heavy (non-hydrogen) atoms. The predicted octanol–water partition coefficient (Wildman–Crippen LogP) is 11.2. The van der Waals surface area contributed by atoms with E-state index < -0.39 is 0 Å². The highest BCUT2D eigenvalue weighted by Gasteiger charge is 2.43. The number of rotatable bonds is 4. The lowest BCUT2D eigenvalue weighted by atomic mass is 9.33. The minimum atomic E-state index is 0.0547. The van der Waals surface area contributed by atoms with Gasteiger partial charge >= 0.3 is 0 Å². The van der Waals surface area contributed by atoms with Crippen molar-refractivity contribution in [2.45, 2.75) is 26.7 Å². The Morgan fingerprint density at radius 1 is 0.481 bits per heavy atom. The Bertz CT molecular complexity index is 2840. The molecule has 0 amide bonds. The van der Waals surface area contributed by atoms with E-state index in [1.165, 1.54) is 94.6 Å². The van der Waals surface area contributed by atoms with Gasteiger partial charge in [-0.2, -0.15) is 0 Å². The summed E-state index contributed by atoms with van der Waals surface area (Å²) >= 11 is 0. The number of hydrogen-bond donors (Lipinski definition) is 0. The zero-order valence-electron chi connectivity index (χ0n) is 30.5. The van der Waals surface area contributed by atoms with E-state index in [1.807, 2.05) is 0 Å². The highest BCUT2D eigenvalue weighted by molar-refractivity contribution is 7.00. The van der Waals surface area contributed by atoms with Crippen molar-refractivity contribution < 1.29 is 0 Å². The molecule has 0 atom stereocenters. The van der Waals surface area contributed by atoms with E-state index in [9.17, 15) is 0 Å². The van der Waals surface area contributed by atoms with Gasteiger partial charge in [0.2, 0.25) is 0 Å². The molecule has 0 spiro atoms. The number of aromatic nitrogens is 1. The van der Waals surface area contributed by atoms with E-state index in [-0.39, 0.29) is 6.71 Å². The molecule has 0 N–H and O–H groups in total. The lowest BCUT2D eigenvalue weighted by Crippen LogP contribution is -2.61. The maximum Gasteiger partial charge on any atom is 0.252 e. The van der Waals surface area contributed by atoms with Gasteiger partial charge in [0.1, 0.15) is 0 Å². The van der Waals surface area contributed by atoms with Gasteiger partial charge in [-0.1, -0.05) is 114 Å². The Hall–Kier alpha value is -6.52. The fourth-order valence-corrected chi connectivity index (χ4v) is 9.26. The lowest BCUT2D eigenvalue weighted by Gasteiger charge is -2.44. The molecule has 11 rings (SSSR count). The van der Waals surface area contributed by atoms with Crippen LogP contribution in [0.3, 0.4) is 0 Å². The number of benzene rings is 7. The van der Waals surface area contributed by atoms with E-state index in [2.05, 4.69) is 198 Å². The number of hydrogen-bond acceptors (Lipinski definition) is 2. The third-order valence-electron chi connectivity index (χ3n) is 11.7. The van der Waals surface area contributed by atoms with Crippen LogP contribution >= 0.6 is 0 Å². The van der Waals surface area contributed by atoms with Crippen molar-refractivity contribution in [3.05, 3.63) is 187 Å².